The molecule has 2 aromatic rings. The summed E-state index contributed by atoms with van der Waals surface area (Å²) < 4.78 is 0.966. The van der Waals surface area contributed by atoms with Crippen LogP contribution in [0, 0.1) is 17.8 Å². The van der Waals surface area contributed by atoms with Gasteiger partial charge in [0.1, 0.15) is 0 Å². The van der Waals surface area contributed by atoms with Gasteiger partial charge in [-0.25, -0.2) is 0 Å². The molecule has 0 heterocycles. The summed E-state index contributed by atoms with van der Waals surface area (Å²) in [7, 11) is 0. The highest BCUT2D eigenvalue weighted by atomic mass is 79.9. The summed E-state index contributed by atoms with van der Waals surface area (Å²) in [5.74, 6) is 2.65. The number of rotatable bonds is 3. The molecular weight excluding hydrogens is 400 g/mol. The first-order chi connectivity index (χ1) is 13.0. The summed E-state index contributed by atoms with van der Waals surface area (Å²) in [5.41, 5.74) is 9.60. The number of anilines is 2. The van der Waals surface area contributed by atoms with Gasteiger partial charge < -0.3 is 11.1 Å². The molecule has 4 aliphatic carbocycles. The van der Waals surface area contributed by atoms with Gasteiger partial charge in [-0.05, 0) is 114 Å². The van der Waals surface area contributed by atoms with Crippen LogP contribution in [-0.4, -0.2) is 5.91 Å². The summed E-state index contributed by atoms with van der Waals surface area (Å²) in [6, 6.07) is 13.6. The lowest BCUT2D eigenvalue weighted by Crippen LogP contribution is -2.48. The first kappa shape index (κ1) is 17.3. The average Bonchev–Trinajstić information content (AvgIpc) is 2.62. The van der Waals surface area contributed by atoms with Gasteiger partial charge in [0.05, 0.1) is 5.69 Å². The van der Waals surface area contributed by atoms with E-state index in [0.717, 1.165) is 27.9 Å². The molecule has 4 heteroatoms. The molecule has 140 valence electrons. The Labute approximate surface area is 168 Å². The smallest absolute Gasteiger partial charge is 0.255 e. The fraction of sp³-hybridized carbons (Fsp3) is 0.435. The Bertz CT molecular complexity index is 872. The van der Waals surface area contributed by atoms with E-state index in [-0.39, 0.29) is 5.91 Å². The van der Waals surface area contributed by atoms with Crippen molar-refractivity contribution in [3.05, 3.63) is 58.1 Å². The SMILES string of the molecule is Nc1cccc(C(=O)Nc2ccc(C34CC5CC(CC(C5)C3)C4)cc2Br)c1. The molecule has 2 aromatic carbocycles. The molecule has 0 saturated heterocycles. The Kier molecular flexibility index (Phi) is 4.08. The fourth-order valence-corrected chi connectivity index (χ4v) is 6.76. The number of amides is 1. The second-order valence-corrected chi connectivity index (χ2v) is 9.83. The molecule has 27 heavy (non-hydrogen) atoms. The van der Waals surface area contributed by atoms with Gasteiger partial charge in [-0.2, -0.15) is 0 Å². The van der Waals surface area contributed by atoms with Crippen molar-refractivity contribution in [1.29, 1.82) is 0 Å². The highest BCUT2D eigenvalue weighted by Gasteiger charge is 2.51. The van der Waals surface area contributed by atoms with E-state index < -0.39 is 0 Å². The molecule has 1 amide bonds. The Morgan fingerprint density at radius 3 is 2.26 bits per heavy atom. The summed E-state index contributed by atoms with van der Waals surface area (Å²) >= 11 is 3.70. The predicted molar refractivity (Wildman–Crippen MR) is 113 cm³/mol. The topological polar surface area (TPSA) is 55.1 Å². The maximum Gasteiger partial charge on any atom is 0.255 e. The van der Waals surface area contributed by atoms with Gasteiger partial charge in [0.2, 0.25) is 0 Å². The molecule has 0 radical (unpaired) electrons. The van der Waals surface area contributed by atoms with Crippen LogP contribution in [0.2, 0.25) is 0 Å². The Hall–Kier alpha value is -1.81. The number of carbonyl (C=O) groups is 1. The van der Waals surface area contributed by atoms with Crippen molar-refractivity contribution >= 4 is 33.2 Å². The summed E-state index contributed by atoms with van der Waals surface area (Å²) in [6.45, 7) is 0. The Morgan fingerprint density at radius 1 is 1.00 bits per heavy atom. The number of nitrogen functional groups attached to an aromatic ring is 1. The second kappa shape index (κ2) is 6.37. The number of carbonyl (C=O) groups excluding carboxylic acids is 1. The van der Waals surface area contributed by atoms with Crippen molar-refractivity contribution in [3.8, 4) is 0 Å². The van der Waals surface area contributed by atoms with Crippen LogP contribution in [0.25, 0.3) is 0 Å². The molecule has 0 spiro atoms. The van der Waals surface area contributed by atoms with E-state index in [4.69, 9.17) is 5.73 Å². The third-order valence-electron chi connectivity index (χ3n) is 7.02. The zero-order chi connectivity index (χ0) is 18.6. The second-order valence-electron chi connectivity index (χ2n) is 8.97. The summed E-state index contributed by atoms with van der Waals surface area (Å²) in [6.07, 6.45) is 8.40. The van der Waals surface area contributed by atoms with Crippen molar-refractivity contribution in [2.75, 3.05) is 11.1 Å². The minimum Gasteiger partial charge on any atom is -0.399 e. The summed E-state index contributed by atoms with van der Waals surface area (Å²) in [4.78, 5) is 12.5. The van der Waals surface area contributed by atoms with Crippen LogP contribution in [0.15, 0.2) is 46.9 Å². The van der Waals surface area contributed by atoms with Gasteiger partial charge in [0.15, 0.2) is 0 Å². The molecule has 0 atom stereocenters. The van der Waals surface area contributed by atoms with Crippen LogP contribution in [0.1, 0.15) is 54.4 Å². The van der Waals surface area contributed by atoms with Crippen LogP contribution < -0.4 is 11.1 Å². The molecule has 0 unspecified atom stereocenters. The molecule has 3 nitrogen and oxygen atoms in total. The molecule has 0 aliphatic heterocycles. The number of hydrogen-bond donors (Lipinski definition) is 2. The maximum atomic E-state index is 12.5. The third-order valence-corrected chi connectivity index (χ3v) is 7.67. The predicted octanol–water partition coefficient (Wildman–Crippen LogP) is 5.75. The van der Waals surface area contributed by atoms with Crippen molar-refractivity contribution in [1.82, 2.24) is 0 Å². The van der Waals surface area contributed by atoms with E-state index in [1.807, 2.05) is 0 Å². The van der Waals surface area contributed by atoms with Gasteiger partial charge in [-0.15, -0.1) is 0 Å². The van der Waals surface area contributed by atoms with E-state index in [2.05, 4.69) is 39.4 Å². The average molecular weight is 425 g/mol. The van der Waals surface area contributed by atoms with E-state index >= 15 is 0 Å². The van der Waals surface area contributed by atoms with Crippen LogP contribution in [0.5, 0.6) is 0 Å². The number of nitrogens with two attached hydrogens (primary N) is 1. The van der Waals surface area contributed by atoms with Crippen LogP contribution in [-0.2, 0) is 5.41 Å². The molecule has 4 bridgehead atoms. The molecule has 0 aromatic heterocycles. The number of halogens is 1. The van der Waals surface area contributed by atoms with Gasteiger partial charge >= 0.3 is 0 Å². The third kappa shape index (κ3) is 3.08. The molecule has 4 fully saturated rings. The lowest BCUT2D eigenvalue weighted by Gasteiger charge is -2.57. The monoisotopic (exact) mass is 424 g/mol. The standard InChI is InChI=1S/C23H25BrN2O/c24-20-10-18(23-11-14-6-15(12-23)8-16(7-14)13-23)4-5-21(20)26-22(27)17-2-1-3-19(25)9-17/h1-5,9-10,14-16H,6-8,11-13,25H2,(H,26,27). The van der Waals surface area contributed by atoms with Gasteiger partial charge in [-0.1, -0.05) is 12.1 Å². The zero-order valence-electron chi connectivity index (χ0n) is 15.4. The highest BCUT2D eigenvalue weighted by Crippen LogP contribution is 2.61. The molecule has 6 rings (SSSR count). The number of nitrogens with one attached hydrogen (secondary N) is 1. The van der Waals surface area contributed by atoms with E-state index in [1.165, 1.54) is 44.1 Å². The molecule has 4 saturated carbocycles. The first-order valence-corrected chi connectivity index (χ1v) is 10.8. The number of benzene rings is 2. The van der Waals surface area contributed by atoms with Crippen LogP contribution in [0.3, 0.4) is 0 Å². The van der Waals surface area contributed by atoms with E-state index in [0.29, 0.717) is 16.7 Å². The van der Waals surface area contributed by atoms with Crippen LogP contribution >= 0.6 is 15.9 Å². The molecule has 3 N–H and O–H groups in total. The van der Waals surface area contributed by atoms with Gasteiger partial charge in [-0.3, -0.25) is 4.79 Å². The Balaban J connectivity index is 1.39. The lowest BCUT2D eigenvalue weighted by molar-refractivity contribution is -0.00520. The normalized spacial score (nSPS) is 31.1. The first-order valence-electron chi connectivity index (χ1n) is 9.98. The maximum absolute atomic E-state index is 12.5. The van der Waals surface area contributed by atoms with Crippen molar-refractivity contribution < 1.29 is 4.79 Å². The molecule has 4 aliphatic rings. The zero-order valence-corrected chi connectivity index (χ0v) is 17.0. The van der Waals surface area contributed by atoms with Crippen molar-refractivity contribution in [2.24, 2.45) is 17.8 Å². The minimum atomic E-state index is -0.134. The summed E-state index contributed by atoms with van der Waals surface area (Å²) in [5, 5.41) is 3.01. The number of hydrogen-bond acceptors (Lipinski definition) is 2. The Morgan fingerprint density at radius 2 is 1.67 bits per heavy atom. The largest absolute Gasteiger partial charge is 0.399 e. The quantitative estimate of drug-likeness (QED) is 0.615. The minimum absolute atomic E-state index is 0.134. The lowest BCUT2D eigenvalue weighted by atomic mass is 9.48. The van der Waals surface area contributed by atoms with Gasteiger partial charge in [0.25, 0.3) is 5.91 Å². The highest BCUT2D eigenvalue weighted by molar-refractivity contribution is 9.10. The van der Waals surface area contributed by atoms with Gasteiger partial charge in [0, 0.05) is 15.7 Å². The van der Waals surface area contributed by atoms with E-state index in [1.54, 1.807) is 24.3 Å². The fourth-order valence-electron chi connectivity index (χ4n) is 6.28. The van der Waals surface area contributed by atoms with Crippen LogP contribution in [0.4, 0.5) is 11.4 Å². The van der Waals surface area contributed by atoms with Crippen molar-refractivity contribution in [2.45, 2.75) is 43.9 Å². The van der Waals surface area contributed by atoms with Crippen molar-refractivity contribution in [3.63, 3.8) is 0 Å². The molecular formula is C23H25BrN2O. The van der Waals surface area contributed by atoms with E-state index in [9.17, 15) is 4.79 Å².